The largest absolute Gasteiger partial charge is 0.503 e. The van der Waals surface area contributed by atoms with Crippen LogP contribution in [0.5, 0.6) is 11.5 Å². The number of thioether (sulfide) groups is 1. The minimum absolute atomic E-state index is 0.0133. The molecule has 0 aliphatic heterocycles. The third-order valence-corrected chi connectivity index (χ3v) is 8.71. The first-order chi connectivity index (χ1) is 18.0. The van der Waals surface area contributed by atoms with Gasteiger partial charge in [-0.1, -0.05) is 30.0 Å². The van der Waals surface area contributed by atoms with E-state index >= 15 is 0 Å². The maximum Gasteiger partial charge on any atom is 0.267 e. The fourth-order valence-electron chi connectivity index (χ4n) is 4.25. The van der Waals surface area contributed by atoms with Gasteiger partial charge in [-0.3, -0.25) is 14.2 Å². The number of halogens is 1. The molecule has 1 aliphatic carbocycles. The lowest BCUT2D eigenvalue weighted by Gasteiger charge is -2.13. The lowest BCUT2D eigenvalue weighted by atomic mass is 9.97. The molecule has 2 aromatic carbocycles. The number of phenolic OH excluding ortho intramolecular Hbond substituents is 1. The molecule has 0 unspecified atom stereocenters. The number of hydrogen-bond donors (Lipinski definition) is 2. The maximum absolute atomic E-state index is 13.7. The van der Waals surface area contributed by atoms with Gasteiger partial charge in [-0.05, 0) is 77.0 Å². The first kappa shape index (κ1) is 25.5. The number of ether oxygens (including phenoxy) is 1. The Morgan fingerprint density at radius 1 is 1.30 bits per heavy atom. The van der Waals surface area contributed by atoms with Crippen molar-refractivity contribution in [1.29, 1.82) is 0 Å². The minimum Gasteiger partial charge on any atom is -0.503 e. The number of thiophene rings is 1. The summed E-state index contributed by atoms with van der Waals surface area (Å²) in [7, 11) is 1.45. The number of hydrazone groups is 1. The maximum atomic E-state index is 13.7. The second kappa shape index (κ2) is 11.1. The molecular weight excluding hydrogens is 576 g/mol. The average molecular weight is 600 g/mol. The van der Waals surface area contributed by atoms with E-state index in [1.807, 2.05) is 30.3 Å². The van der Waals surface area contributed by atoms with Gasteiger partial charge in [0, 0.05) is 4.88 Å². The van der Waals surface area contributed by atoms with Crippen LogP contribution in [0.1, 0.15) is 28.8 Å². The smallest absolute Gasteiger partial charge is 0.267 e. The molecule has 1 amide bonds. The zero-order chi connectivity index (χ0) is 25.9. The zero-order valence-corrected chi connectivity index (χ0v) is 23.1. The van der Waals surface area contributed by atoms with Gasteiger partial charge in [0.05, 0.1) is 34.6 Å². The number of fused-ring (bicyclic) bond motifs is 3. The van der Waals surface area contributed by atoms with E-state index < -0.39 is 0 Å². The number of rotatable bonds is 7. The monoisotopic (exact) mass is 598 g/mol. The van der Waals surface area contributed by atoms with E-state index in [-0.39, 0.29) is 28.7 Å². The van der Waals surface area contributed by atoms with Crippen molar-refractivity contribution < 1.29 is 14.6 Å². The van der Waals surface area contributed by atoms with Crippen molar-refractivity contribution >= 4 is 61.4 Å². The number of nitrogens with one attached hydrogen (secondary N) is 1. The molecule has 1 aliphatic rings. The number of methoxy groups -OCH3 is 1. The van der Waals surface area contributed by atoms with Gasteiger partial charge in [-0.25, -0.2) is 10.4 Å². The molecule has 5 rings (SSSR count). The molecule has 11 heteroatoms. The predicted octanol–water partition coefficient (Wildman–Crippen LogP) is 5.05. The number of aromatic nitrogens is 2. The predicted molar refractivity (Wildman–Crippen MR) is 151 cm³/mol. The number of phenols is 1. The van der Waals surface area contributed by atoms with Gasteiger partial charge in [-0.2, -0.15) is 5.10 Å². The van der Waals surface area contributed by atoms with Crippen molar-refractivity contribution in [3.8, 4) is 17.2 Å². The number of nitrogens with zero attached hydrogens (tertiary/aromatic N) is 3. The molecule has 190 valence electrons. The average Bonchev–Trinajstić information content (AvgIpc) is 3.28. The number of hydrogen-bond acceptors (Lipinski definition) is 8. The Labute approximate surface area is 229 Å². The Bertz CT molecular complexity index is 1570. The second-order valence-corrected chi connectivity index (χ2v) is 11.3. The quantitative estimate of drug-likeness (QED) is 0.133. The summed E-state index contributed by atoms with van der Waals surface area (Å²) in [6.45, 7) is 0. The number of carbonyl (C=O) groups excluding carboxylic acids is 1. The second-order valence-electron chi connectivity index (χ2n) is 8.40. The Morgan fingerprint density at radius 2 is 2.08 bits per heavy atom. The van der Waals surface area contributed by atoms with Crippen LogP contribution in [0.4, 0.5) is 0 Å². The normalized spacial score (nSPS) is 13.1. The Morgan fingerprint density at radius 3 is 2.86 bits per heavy atom. The van der Waals surface area contributed by atoms with Crippen LogP contribution in [0.25, 0.3) is 15.9 Å². The van der Waals surface area contributed by atoms with Crippen LogP contribution in [0.3, 0.4) is 0 Å². The van der Waals surface area contributed by atoms with Crippen molar-refractivity contribution in [3.05, 3.63) is 73.3 Å². The number of aryl methyl sites for hydroxylation is 2. The first-order valence-electron chi connectivity index (χ1n) is 11.6. The number of carbonyl (C=O) groups is 1. The summed E-state index contributed by atoms with van der Waals surface area (Å²) in [5, 5.41) is 15.1. The van der Waals surface area contributed by atoms with Crippen molar-refractivity contribution in [3.63, 3.8) is 0 Å². The zero-order valence-electron chi connectivity index (χ0n) is 19.9. The van der Waals surface area contributed by atoms with Gasteiger partial charge in [0.1, 0.15) is 4.83 Å². The van der Waals surface area contributed by atoms with E-state index in [1.165, 1.54) is 30.0 Å². The summed E-state index contributed by atoms with van der Waals surface area (Å²) >= 11 is 6.04. The van der Waals surface area contributed by atoms with Gasteiger partial charge in [0.25, 0.3) is 11.5 Å². The highest BCUT2D eigenvalue weighted by molar-refractivity contribution is 9.10. The third kappa shape index (κ3) is 5.29. The van der Waals surface area contributed by atoms with Crippen LogP contribution in [-0.2, 0) is 17.6 Å². The molecule has 0 atom stereocenters. The lowest BCUT2D eigenvalue weighted by Crippen LogP contribution is -2.24. The van der Waals surface area contributed by atoms with Crippen LogP contribution < -0.4 is 15.7 Å². The number of benzene rings is 2. The molecule has 2 N–H and O–H groups in total. The molecule has 8 nitrogen and oxygen atoms in total. The molecule has 0 bridgehead atoms. The van der Waals surface area contributed by atoms with Crippen molar-refractivity contribution in [2.75, 3.05) is 12.9 Å². The number of para-hydroxylation sites is 1. The van der Waals surface area contributed by atoms with Crippen LogP contribution in [-0.4, -0.2) is 39.6 Å². The summed E-state index contributed by atoms with van der Waals surface area (Å²) in [5.74, 6) is -0.0464. The Kier molecular flexibility index (Phi) is 7.63. The third-order valence-electron chi connectivity index (χ3n) is 5.98. The molecule has 0 saturated heterocycles. The van der Waals surface area contributed by atoms with Gasteiger partial charge in [0.2, 0.25) is 0 Å². The summed E-state index contributed by atoms with van der Waals surface area (Å²) in [4.78, 5) is 33.1. The molecular formula is C26H23BrN4O4S2. The number of amides is 1. The fraction of sp³-hybridized carbons (Fsp3) is 0.231. The molecule has 2 aromatic heterocycles. The van der Waals surface area contributed by atoms with E-state index in [4.69, 9.17) is 9.72 Å². The molecule has 0 fully saturated rings. The van der Waals surface area contributed by atoms with Gasteiger partial charge in [-0.15, -0.1) is 11.3 Å². The van der Waals surface area contributed by atoms with E-state index in [0.717, 1.165) is 36.1 Å². The summed E-state index contributed by atoms with van der Waals surface area (Å²) in [6.07, 6.45) is 5.54. The molecule has 2 heterocycles. The van der Waals surface area contributed by atoms with Crippen LogP contribution in [0, 0.1) is 0 Å². The highest BCUT2D eigenvalue weighted by Gasteiger charge is 2.23. The standard InChI is InChI=1S/C26H23BrN4O4S2/c1-35-19-12-15(11-18(27)23(19)33)13-28-30-21(32)14-36-26-29-24-22(17-9-5-6-10-20(17)37-24)25(34)31(26)16-7-3-2-4-8-16/h2-4,7-8,11-13,33H,5-6,9-10,14H2,1H3,(H,30,32)/b28-13+. The molecule has 0 saturated carbocycles. The highest BCUT2D eigenvalue weighted by Crippen LogP contribution is 2.36. The van der Waals surface area contributed by atoms with Crippen LogP contribution in [0.15, 0.2) is 62.0 Å². The van der Waals surface area contributed by atoms with Crippen LogP contribution in [0.2, 0.25) is 0 Å². The van der Waals surface area contributed by atoms with Gasteiger partial charge >= 0.3 is 0 Å². The SMILES string of the molecule is COc1cc(/C=N/NC(=O)CSc2nc3sc4c(c3c(=O)n2-c2ccccc2)CCCC4)cc(Br)c1O. The molecule has 0 spiro atoms. The van der Waals surface area contributed by atoms with Gasteiger partial charge in [0.15, 0.2) is 16.7 Å². The summed E-state index contributed by atoms with van der Waals surface area (Å²) in [5.41, 5.74) is 4.88. The highest BCUT2D eigenvalue weighted by atomic mass is 79.9. The first-order valence-corrected chi connectivity index (χ1v) is 14.2. The lowest BCUT2D eigenvalue weighted by molar-refractivity contribution is -0.118. The van der Waals surface area contributed by atoms with Crippen LogP contribution >= 0.6 is 39.0 Å². The van der Waals surface area contributed by atoms with E-state index in [9.17, 15) is 14.7 Å². The molecule has 37 heavy (non-hydrogen) atoms. The summed E-state index contributed by atoms with van der Waals surface area (Å²) < 4.78 is 7.18. The fourth-order valence-corrected chi connectivity index (χ4v) is 6.82. The molecule has 4 aromatic rings. The number of aromatic hydroxyl groups is 1. The summed E-state index contributed by atoms with van der Waals surface area (Å²) in [6, 6.07) is 12.6. The Balaban J connectivity index is 1.38. The van der Waals surface area contributed by atoms with Crippen molar-refractivity contribution in [1.82, 2.24) is 15.0 Å². The molecule has 0 radical (unpaired) electrons. The minimum atomic E-state index is -0.342. The Hall–Kier alpha value is -3.15. The van der Waals surface area contributed by atoms with Crippen molar-refractivity contribution in [2.45, 2.75) is 30.8 Å². The van der Waals surface area contributed by atoms with Crippen molar-refractivity contribution in [2.24, 2.45) is 5.10 Å². The van der Waals surface area contributed by atoms with E-state index in [2.05, 4.69) is 26.5 Å². The van der Waals surface area contributed by atoms with E-state index in [0.29, 0.717) is 26.3 Å². The van der Waals surface area contributed by atoms with E-state index in [1.54, 1.807) is 28.0 Å². The van der Waals surface area contributed by atoms with Gasteiger partial charge < -0.3 is 9.84 Å². The topological polar surface area (TPSA) is 106 Å².